The summed E-state index contributed by atoms with van der Waals surface area (Å²) in [4.78, 5) is 19.2. The Bertz CT molecular complexity index is 1570. The van der Waals surface area contributed by atoms with E-state index in [1.807, 2.05) is 29.6 Å². The van der Waals surface area contributed by atoms with E-state index in [0.717, 1.165) is 34.4 Å². The summed E-state index contributed by atoms with van der Waals surface area (Å²) in [6.07, 6.45) is -0.558. The van der Waals surface area contributed by atoms with E-state index in [1.54, 1.807) is 30.3 Å². The number of amides is 1. The predicted octanol–water partition coefficient (Wildman–Crippen LogP) is 5.42. The molecule has 0 spiro atoms. The highest BCUT2D eigenvalue weighted by Gasteiger charge is 2.21. The number of aromatic amines is 1. The van der Waals surface area contributed by atoms with Crippen LogP contribution in [0.25, 0.3) is 21.3 Å². The summed E-state index contributed by atoms with van der Waals surface area (Å²) in [5.41, 5.74) is 2.80. The minimum absolute atomic E-state index is 0.0767. The molecule has 40 heavy (non-hydrogen) atoms. The summed E-state index contributed by atoms with van der Waals surface area (Å²) in [7, 11) is -3.81. The molecule has 1 fully saturated rings. The number of H-pyrrole nitrogens is 1. The number of morpholine rings is 1. The zero-order valence-electron chi connectivity index (χ0n) is 22.8. The number of aromatic nitrogens is 1. The molecule has 0 bridgehead atoms. The van der Waals surface area contributed by atoms with Crippen molar-refractivity contribution in [3.8, 4) is 16.3 Å². The van der Waals surface area contributed by atoms with Crippen molar-refractivity contribution in [1.82, 2.24) is 15.2 Å². The molecule has 212 valence electrons. The van der Waals surface area contributed by atoms with Gasteiger partial charge in [0.15, 0.2) is 0 Å². The van der Waals surface area contributed by atoms with Crippen molar-refractivity contribution in [2.75, 3.05) is 44.1 Å². The SMILES string of the molecule is CC(C)(C)c1ccc(S(=O)(=O)Nc2ccc3[nH]c(OC(=O)NCCN4CCOCC4)c(-c4cccs4)c3c2)cc1. The molecule has 0 unspecified atom stereocenters. The second kappa shape index (κ2) is 11.6. The van der Waals surface area contributed by atoms with Gasteiger partial charge in [0.05, 0.1) is 23.7 Å². The summed E-state index contributed by atoms with van der Waals surface area (Å²) < 4.78 is 40.1. The molecule has 1 aliphatic heterocycles. The van der Waals surface area contributed by atoms with Crippen LogP contribution in [-0.2, 0) is 20.2 Å². The third-order valence-electron chi connectivity index (χ3n) is 6.81. The Hall–Kier alpha value is -3.38. The van der Waals surface area contributed by atoms with Crippen molar-refractivity contribution in [1.29, 1.82) is 0 Å². The Kier molecular flexibility index (Phi) is 8.18. The average molecular weight is 583 g/mol. The van der Waals surface area contributed by atoms with Gasteiger partial charge in [-0.2, -0.15) is 0 Å². The number of sulfonamides is 1. The highest BCUT2D eigenvalue weighted by atomic mass is 32.2. The van der Waals surface area contributed by atoms with Gasteiger partial charge in [0.2, 0.25) is 5.88 Å². The van der Waals surface area contributed by atoms with Gasteiger partial charge in [-0.3, -0.25) is 9.62 Å². The standard InChI is InChI=1S/C29H34N4O5S2/c1-29(2,3)20-6-9-22(10-7-20)40(35,36)32-21-8-11-24-23(19-21)26(25-5-4-18-39-25)27(31-24)38-28(34)30-12-13-33-14-16-37-17-15-33/h4-11,18-19,31-32H,12-17H2,1-3H3,(H,30,34). The van der Waals surface area contributed by atoms with E-state index >= 15 is 0 Å². The van der Waals surface area contributed by atoms with Crippen molar-refractivity contribution in [2.45, 2.75) is 31.1 Å². The zero-order valence-corrected chi connectivity index (χ0v) is 24.5. The second-order valence-corrected chi connectivity index (χ2v) is 13.3. The molecule has 2 aromatic carbocycles. The lowest BCUT2D eigenvalue weighted by molar-refractivity contribution is 0.0385. The molecule has 1 aliphatic rings. The third-order valence-corrected chi connectivity index (χ3v) is 9.09. The molecular formula is C29H34N4O5S2. The number of rotatable bonds is 8. The van der Waals surface area contributed by atoms with E-state index in [1.165, 1.54) is 11.3 Å². The molecule has 11 heteroatoms. The van der Waals surface area contributed by atoms with E-state index in [-0.39, 0.29) is 10.3 Å². The first-order valence-corrected chi connectivity index (χ1v) is 15.6. The summed E-state index contributed by atoms with van der Waals surface area (Å²) in [6, 6.07) is 16.0. The van der Waals surface area contributed by atoms with Crippen molar-refractivity contribution in [3.63, 3.8) is 0 Å². The average Bonchev–Trinajstić information content (AvgIpc) is 3.56. The molecule has 2 aromatic heterocycles. The highest BCUT2D eigenvalue weighted by molar-refractivity contribution is 7.92. The predicted molar refractivity (Wildman–Crippen MR) is 159 cm³/mol. The monoisotopic (exact) mass is 582 g/mol. The Labute approximate surface area is 238 Å². The number of hydrogen-bond donors (Lipinski definition) is 3. The summed E-state index contributed by atoms with van der Waals surface area (Å²) in [5, 5.41) is 5.49. The van der Waals surface area contributed by atoms with Crippen molar-refractivity contribution in [2.24, 2.45) is 0 Å². The van der Waals surface area contributed by atoms with Gasteiger partial charge in [0.25, 0.3) is 10.0 Å². The van der Waals surface area contributed by atoms with Crippen LogP contribution in [0.1, 0.15) is 26.3 Å². The third kappa shape index (κ3) is 6.49. The molecule has 1 amide bonds. The van der Waals surface area contributed by atoms with Crippen LogP contribution >= 0.6 is 11.3 Å². The van der Waals surface area contributed by atoms with Gasteiger partial charge in [-0.15, -0.1) is 11.3 Å². The van der Waals surface area contributed by atoms with Gasteiger partial charge in [0.1, 0.15) is 0 Å². The molecule has 0 atom stereocenters. The number of carbonyl (C=O) groups is 1. The van der Waals surface area contributed by atoms with E-state index in [0.29, 0.717) is 43.4 Å². The van der Waals surface area contributed by atoms with Crippen LogP contribution < -0.4 is 14.8 Å². The largest absolute Gasteiger partial charge is 0.413 e. The maximum atomic E-state index is 13.2. The Morgan fingerprint density at radius 2 is 1.85 bits per heavy atom. The van der Waals surface area contributed by atoms with Crippen LogP contribution in [0.2, 0.25) is 0 Å². The zero-order chi connectivity index (χ0) is 28.3. The molecule has 0 radical (unpaired) electrons. The number of hydrogen-bond acceptors (Lipinski definition) is 7. The minimum atomic E-state index is -3.81. The van der Waals surface area contributed by atoms with Crippen molar-refractivity contribution >= 4 is 44.0 Å². The lowest BCUT2D eigenvalue weighted by Gasteiger charge is -2.26. The summed E-state index contributed by atoms with van der Waals surface area (Å²) >= 11 is 1.50. The molecule has 5 rings (SSSR count). The summed E-state index contributed by atoms with van der Waals surface area (Å²) in [5.74, 6) is 0.305. The van der Waals surface area contributed by atoms with E-state index in [9.17, 15) is 13.2 Å². The smallest absolute Gasteiger partial charge is 0.393 e. The molecule has 0 saturated carbocycles. The first-order chi connectivity index (χ1) is 19.1. The van der Waals surface area contributed by atoms with Crippen molar-refractivity contribution < 1.29 is 22.7 Å². The quantitative estimate of drug-likeness (QED) is 0.256. The Morgan fingerprint density at radius 3 is 2.52 bits per heavy atom. The van der Waals surface area contributed by atoms with Crippen LogP contribution in [0, 0.1) is 0 Å². The Balaban J connectivity index is 1.36. The number of thiophene rings is 1. The molecular weight excluding hydrogens is 548 g/mol. The molecule has 4 aromatic rings. The van der Waals surface area contributed by atoms with Crippen LogP contribution in [-0.4, -0.2) is 63.8 Å². The fourth-order valence-corrected chi connectivity index (χ4v) is 6.42. The maximum Gasteiger partial charge on any atom is 0.413 e. The van der Waals surface area contributed by atoms with Crippen LogP contribution in [0.3, 0.4) is 0 Å². The molecule has 9 nitrogen and oxygen atoms in total. The van der Waals surface area contributed by atoms with E-state index in [4.69, 9.17) is 9.47 Å². The lowest BCUT2D eigenvalue weighted by atomic mass is 9.87. The molecule has 3 heterocycles. The number of nitrogens with one attached hydrogen (secondary N) is 3. The van der Waals surface area contributed by atoms with E-state index in [2.05, 4.69) is 40.7 Å². The normalized spacial score (nSPS) is 14.8. The number of ether oxygens (including phenoxy) is 2. The number of anilines is 1. The highest BCUT2D eigenvalue weighted by Crippen LogP contribution is 2.41. The Morgan fingerprint density at radius 1 is 1.10 bits per heavy atom. The minimum Gasteiger partial charge on any atom is -0.393 e. The van der Waals surface area contributed by atoms with Crippen LogP contribution in [0.5, 0.6) is 5.88 Å². The number of benzene rings is 2. The van der Waals surface area contributed by atoms with Gasteiger partial charge in [-0.05, 0) is 52.8 Å². The first-order valence-electron chi connectivity index (χ1n) is 13.2. The van der Waals surface area contributed by atoms with E-state index < -0.39 is 16.1 Å². The van der Waals surface area contributed by atoms with Gasteiger partial charge < -0.3 is 19.8 Å². The van der Waals surface area contributed by atoms with Gasteiger partial charge in [-0.1, -0.05) is 39.0 Å². The molecule has 3 N–H and O–H groups in total. The van der Waals surface area contributed by atoms with Crippen molar-refractivity contribution in [3.05, 3.63) is 65.5 Å². The van der Waals surface area contributed by atoms with Gasteiger partial charge in [0, 0.05) is 47.6 Å². The van der Waals surface area contributed by atoms with Gasteiger partial charge in [-0.25, -0.2) is 13.2 Å². The topological polar surface area (TPSA) is 113 Å². The fourth-order valence-electron chi connectivity index (χ4n) is 4.59. The summed E-state index contributed by atoms with van der Waals surface area (Å²) in [6.45, 7) is 10.5. The maximum absolute atomic E-state index is 13.2. The molecule has 0 aliphatic carbocycles. The van der Waals surface area contributed by atoms with Crippen LogP contribution in [0.15, 0.2) is 64.9 Å². The first kappa shape index (κ1) is 28.2. The lowest BCUT2D eigenvalue weighted by Crippen LogP contribution is -2.41. The second-order valence-electron chi connectivity index (χ2n) is 10.7. The number of fused-ring (bicyclic) bond motifs is 1. The van der Waals surface area contributed by atoms with Crippen LogP contribution in [0.4, 0.5) is 10.5 Å². The molecule has 1 saturated heterocycles. The number of nitrogens with zero attached hydrogens (tertiary/aromatic N) is 1. The number of carbonyl (C=O) groups excluding carboxylic acids is 1. The van der Waals surface area contributed by atoms with Gasteiger partial charge >= 0.3 is 6.09 Å². The fraction of sp³-hybridized carbons (Fsp3) is 0.345.